The number of hydrogen-bond acceptors (Lipinski definition) is 4. The molecule has 0 aliphatic carbocycles. The van der Waals surface area contributed by atoms with Crippen molar-refractivity contribution in [3.05, 3.63) is 12.4 Å². The van der Waals surface area contributed by atoms with Gasteiger partial charge in [0, 0.05) is 31.4 Å². The molecule has 86 valence electrons. The molecule has 0 aliphatic heterocycles. The van der Waals surface area contributed by atoms with Crippen molar-refractivity contribution in [1.82, 2.24) is 25.6 Å². The Balaban J connectivity index is 1.94. The number of aromatic nitrogens is 3. The highest BCUT2D eigenvalue weighted by atomic mass is 15.4. The zero-order valence-electron chi connectivity index (χ0n) is 9.82. The smallest absolute Gasteiger partial charge is 0.0692 e. The molecule has 0 saturated heterocycles. The van der Waals surface area contributed by atoms with Gasteiger partial charge in [-0.15, -0.1) is 5.10 Å². The monoisotopic (exact) mass is 211 g/mol. The molecule has 1 heterocycles. The van der Waals surface area contributed by atoms with Crippen LogP contribution in [0, 0.1) is 0 Å². The Morgan fingerprint density at radius 1 is 1.20 bits per heavy atom. The summed E-state index contributed by atoms with van der Waals surface area (Å²) in [5.74, 6) is 0. The van der Waals surface area contributed by atoms with Gasteiger partial charge in [0.2, 0.25) is 0 Å². The SMILES string of the molecule is CC(C)(C)NCCNCCn1ccnn1. The summed E-state index contributed by atoms with van der Waals surface area (Å²) in [4.78, 5) is 0. The summed E-state index contributed by atoms with van der Waals surface area (Å²) >= 11 is 0. The molecule has 15 heavy (non-hydrogen) atoms. The quantitative estimate of drug-likeness (QED) is 0.663. The fraction of sp³-hybridized carbons (Fsp3) is 0.800. The molecule has 0 atom stereocenters. The molecular formula is C10H21N5. The first kappa shape index (κ1) is 12.1. The van der Waals surface area contributed by atoms with Gasteiger partial charge in [-0.25, -0.2) is 0 Å². The van der Waals surface area contributed by atoms with Gasteiger partial charge in [-0.2, -0.15) is 0 Å². The largest absolute Gasteiger partial charge is 0.314 e. The van der Waals surface area contributed by atoms with Gasteiger partial charge in [0.15, 0.2) is 0 Å². The molecule has 1 rings (SSSR count). The van der Waals surface area contributed by atoms with Crippen LogP contribution in [0.3, 0.4) is 0 Å². The van der Waals surface area contributed by atoms with E-state index in [1.165, 1.54) is 0 Å². The standard InChI is InChI=1S/C10H21N5/c1-10(2,3)12-5-4-11-6-8-15-9-7-13-14-15/h7,9,11-12H,4-6,8H2,1-3H3. The summed E-state index contributed by atoms with van der Waals surface area (Å²) in [5, 5.41) is 14.4. The van der Waals surface area contributed by atoms with E-state index in [1.54, 1.807) is 6.20 Å². The van der Waals surface area contributed by atoms with Crippen LogP contribution in [0.15, 0.2) is 12.4 Å². The van der Waals surface area contributed by atoms with Gasteiger partial charge < -0.3 is 10.6 Å². The van der Waals surface area contributed by atoms with E-state index in [-0.39, 0.29) is 5.54 Å². The van der Waals surface area contributed by atoms with Gasteiger partial charge in [0.1, 0.15) is 0 Å². The van der Waals surface area contributed by atoms with Crippen LogP contribution in [-0.4, -0.2) is 40.2 Å². The van der Waals surface area contributed by atoms with E-state index in [2.05, 4.69) is 41.7 Å². The molecule has 0 unspecified atom stereocenters. The first-order valence-electron chi connectivity index (χ1n) is 5.38. The highest BCUT2D eigenvalue weighted by Crippen LogP contribution is 1.96. The third-order valence-corrected chi connectivity index (χ3v) is 1.95. The van der Waals surface area contributed by atoms with E-state index in [9.17, 15) is 0 Å². The van der Waals surface area contributed by atoms with Crippen molar-refractivity contribution in [2.45, 2.75) is 32.9 Å². The van der Waals surface area contributed by atoms with E-state index in [0.717, 1.165) is 26.2 Å². The Kier molecular flexibility index (Phi) is 4.71. The van der Waals surface area contributed by atoms with Crippen LogP contribution in [0.25, 0.3) is 0 Å². The molecule has 0 radical (unpaired) electrons. The van der Waals surface area contributed by atoms with E-state index in [1.807, 2.05) is 10.9 Å². The Bertz CT molecular complexity index is 249. The first-order valence-corrected chi connectivity index (χ1v) is 5.38. The summed E-state index contributed by atoms with van der Waals surface area (Å²) in [6, 6.07) is 0. The maximum absolute atomic E-state index is 3.88. The van der Waals surface area contributed by atoms with E-state index in [0.29, 0.717) is 0 Å². The lowest BCUT2D eigenvalue weighted by Gasteiger charge is -2.20. The Morgan fingerprint density at radius 3 is 2.60 bits per heavy atom. The molecule has 2 N–H and O–H groups in total. The van der Waals surface area contributed by atoms with Gasteiger partial charge in [-0.3, -0.25) is 4.68 Å². The molecule has 5 heteroatoms. The summed E-state index contributed by atoms with van der Waals surface area (Å²) in [7, 11) is 0. The van der Waals surface area contributed by atoms with Crippen LogP contribution in [0.2, 0.25) is 0 Å². The maximum atomic E-state index is 3.88. The number of nitrogens with one attached hydrogen (secondary N) is 2. The van der Waals surface area contributed by atoms with Crippen molar-refractivity contribution in [2.75, 3.05) is 19.6 Å². The van der Waals surface area contributed by atoms with Gasteiger partial charge in [0.05, 0.1) is 12.7 Å². The molecule has 5 nitrogen and oxygen atoms in total. The predicted octanol–water partition coefficient (Wildman–Crippen LogP) is 0.256. The van der Waals surface area contributed by atoms with Crippen molar-refractivity contribution in [1.29, 1.82) is 0 Å². The average molecular weight is 211 g/mol. The highest BCUT2D eigenvalue weighted by Gasteiger charge is 2.06. The number of rotatable bonds is 6. The van der Waals surface area contributed by atoms with Crippen LogP contribution in [0.1, 0.15) is 20.8 Å². The molecule has 1 aromatic rings. The number of hydrogen-bond donors (Lipinski definition) is 2. The van der Waals surface area contributed by atoms with Crippen molar-refractivity contribution < 1.29 is 0 Å². The molecule has 0 aromatic carbocycles. The molecule has 0 bridgehead atoms. The lowest BCUT2D eigenvalue weighted by Crippen LogP contribution is -2.40. The summed E-state index contributed by atoms with van der Waals surface area (Å²) in [6.07, 6.45) is 3.57. The maximum Gasteiger partial charge on any atom is 0.0692 e. The lowest BCUT2D eigenvalue weighted by atomic mass is 10.1. The van der Waals surface area contributed by atoms with Gasteiger partial charge in [-0.1, -0.05) is 5.21 Å². The van der Waals surface area contributed by atoms with Crippen molar-refractivity contribution in [3.63, 3.8) is 0 Å². The predicted molar refractivity (Wildman–Crippen MR) is 60.6 cm³/mol. The zero-order valence-corrected chi connectivity index (χ0v) is 9.82. The highest BCUT2D eigenvalue weighted by molar-refractivity contribution is 4.70. The molecule has 1 aromatic heterocycles. The second-order valence-electron chi connectivity index (χ2n) is 4.59. The molecular weight excluding hydrogens is 190 g/mol. The lowest BCUT2D eigenvalue weighted by molar-refractivity contribution is 0.418. The second-order valence-corrected chi connectivity index (χ2v) is 4.59. The number of nitrogens with zero attached hydrogens (tertiary/aromatic N) is 3. The molecule has 0 saturated carbocycles. The summed E-state index contributed by atoms with van der Waals surface area (Å²) in [6.45, 7) is 10.3. The first-order chi connectivity index (χ1) is 7.08. The van der Waals surface area contributed by atoms with Crippen LogP contribution in [0.5, 0.6) is 0 Å². The minimum Gasteiger partial charge on any atom is -0.314 e. The van der Waals surface area contributed by atoms with Gasteiger partial charge in [-0.05, 0) is 20.8 Å². The molecule has 0 spiro atoms. The Morgan fingerprint density at radius 2 is 2.00 bits per heavy atom. The second kappa shape index (κ2) is 5.82. The fourth-order valence-corrected chi connectivity index (χ4v) is 1.20. The molecule has 0 amide bonds. The topological polar surface area (TPSA) is 54.8 Å². The van der Waals surface area contributed by atoms with Crippen LogP contribution in [-0.2, 0) is 6.54 Å². The Hall–Kier alpha value is -0.940. The van der Waals surface area contributed by atoms with Crippen molar-refractivity contribution in [3.8, 4) is 0 Å². The van der Waals surface area contributed by atoms with Crippen LogP contribution < -0.4 is 10.6 Å². The fourth-order valence-electron chi connectivity index (χ4n) is 1.20. The van der Waals surface area contributed by atoms with Gasteiger partial charge >= 0.3 is 0 Å². The minimum absolute atomic E-state index is 0.202. The van der Waals surface area contributed by atoms with Crippen LogP contribution in [0.4, 0.5) is 0 Å². The third-order valence-electron chi connectivity index (χ3n) is 1.95. The third kappa shape index (κ3) is 6.19. The summed E-state index contributed by atoms with van der Waals surface area (Å²) < 4.78 is 1.82. The normalized spacial score (nSPS) is 11.9. The zero-order chi connectivity index (χ0) is 11.1. The van der Waals surface area contributed by atoms with E-state index < -0.39 is 0 Å². The van der Waals surface area contributed by atoms with Gasteiger partial charge in [0.25, 0.3) is 0 Å². The van der Waals surface area contributed by atoms with Crippen molar-refractivity contribution >= 4 is 0 Å². The Labute approximate surface area is 91.2 Å². The van der Waals surface area contributed by atoms with Crippen molar-refractivity contribution in [2.24, 2.45) is 0 Å². The molecule has 0 aliphatic rings. The summed E-state index contributed by atoms with van der Waals surface area (Å²) in [5.41, 5.74) is 0.202. The van der Waals surface area contributed by atoms with E-state index in [4.69, 9.17) is 0 Å². The van der Waals surface area contributed by atoms with E-state index >= 15 is 0 Å². The van der Waals surface area contributed by atoms with Crippen LogP contribution >= 0.6 is 0 Å². The minimum atomic E-state index is 0.202. The average Bonchev–Trinajstić information content (AvgIpc) is 2.61. The molecule has 0 fully saturated rings.